The SMILES string of the molecule is CCOC(=O)c1c(-c2ccccc2)[nH]c(-c2ccccc2)c1C. The number of hydrogen-bond donors (Lipinski definition) is 1. The zero-order valence-electron chi connectivity index (χ0n) is 13.3. The Bertz CT molecular complexity index is 804. The molecule has 0 saturated carbocycles. The molecule has 23 heavy (non-hydrogen) atoms. The maximum absolute atomic E-state index is 12.5. The number of rotatable bonds is 4. The molecule has 3 nitrogen and oxygen atoms in total. The van der Waals surface area contributed by atoms with Gasteiger partial charge in [0.2, 0.25) is 0 Å². The highest BCUT2D eigenvalue weighted by atomic mass is 16.5. The molecule has 0 aliphatic carbocycles. The molecule has 116 valence electrons. The van der Waals surface area contributed by atoms with Crippen LogP contribution < -0.4 is 0 Å². The summed E-state index contributed by atoms with van der Waals surface area (Å²) in [7, 11) is 0. The molecule has 3 aromatic rings. The number of aromatic amines is 1. The van der Waals surface area contributed by atoms with E-state index in [-0.39, 0.29) is 5.97 Å². The second-order valence-corrected chi connectivity index (χ2v) is 5.33. The molecular weight excluding hydrogens is 286 g/mol. The number of carbonyl (C=O) groups excluding carboxylic acids is 1. The van der Waals surface area contributed by atoms with E-state index in [1.165, 1.54) is 0 Å². The molecule has 3 heteroatoms. The molecule has 0 fully saturated rings. The van der Waals surface area contributed by atoms with E-state index in [0.29, 0.717) is 12.2 Å². The minimum Gasteiger partial charge on any atom is -0.462 e. The van der Waals surface area contributed by atoms with Gasteiger partial charge in [0.05, 0.1) is 17.9 Å². The average Bonchev–Trinajstić information content (AvgIpc) is 2.94. The Hall–Kier alpha value is -2.81. The van der Waals surface area contributed by atoms with Gasteiger partial charge in [-0.3, -0.25) is 0 Å². The molecule has 1 N–H and O–H groups in total. The van der Waals surface area contributed by atoms with E-state index >= 15 is 0 Å². The highest BCUT2D eigenvalue weighted by Crippen LogP contribution is 2.33. The van der Waals surface area contributed by atoms with Gasteiger partial charge < -0.3 is 9.72 Å². The van der Waals surface area contributed by atoms with Crippen molar-refractivity contribution in [1.29, 1.82) is 0 Å². The monoisotopic (exact) mass is 305 g/mol. The summed E-state index contributed by atoms with van der Waals surface area (Å²) in [5, 5.41) is 0. The number of aromatic nitrogens is 1. The second kappa shape index (κ2) is 6.53. The van der Waals surface area contributed by atoms with Gasteiger partial charge in [0, 0.05) is 5.69 Å². The summed E-state index contributed by atoms with van der Waals surface area (Å²) in [5.74, 6) is -0.290. The summed E-state index contributed by atoms with van der Waals surface area (Å²) in [6.45, 7) is 4.13. The van der Waals surface area contributed by atoms with Gasteiger partial charge in [-0.05, 0) is 30.5 Å². The van der Waals surface area contributed by atoms with Crippen molar-refractivity contribution in [3.8, 4) is 22.5 Å². The lowest BCUT2D eigenvalue weighted by atomic mass is 10.0. The minimum atomic E-state index is -0.290. The molecular formula is C20H19NO2. The Morgan fingerprint density at radius 1 is 0.913 bits per heavy atom. The third-order valence-electron chi connectivity index (χ3n) is 3.85. The standard InChI is InChI=1S/C20H19NO2/c1-3-23-20(22)17-14(2)18(15-10-6-4-7-11-15)21-19(17)16-12-8-5-9-13-16/h4-13,21H,3H2,1-2H3. The topological polar surface area (TPSA) is 42.1 Å². The van der Waals surface area contributed by atoms with E-state index in [1.54, 1.807) is 0 Å². The molecule has 0 unspecified atom stereocenters. The lowest BCUT2D eigenvalue weighted by Crippen LogP contribution is -2.06. The van der Waals surface area contributed by atoms with Crippen LogP contribution in [0.5, 0.6) is 0 Å². The van der Waals surface area contributed by atoms with Crippen molar-refractivity contribution >= 4 is 5.97 Å². The molecule has 0 bridgehead atoms. The lowest BCUT2D eigenvalue weighted by molar-refractivity contribution is 0.0527. The van der Waals surface area contributed by atoms with Gasteiger partial charge in [0.25, 0.3) is 0 Å². The van der Waals surface area contributed by atoms with Gasteiger partial charge in [-0.15, -0.1) is 0 Å². The second-order valence-electron chi connectivity index (χ2n) is 5.33. The molecule has 2 aromatic carbocycles. The van der Waals surface area contributed by atoms with Crippen molar-refractivity contribution in [2.75, 3.05) is 6.61 Å². The number of H-pyrrole nitrogens is 1. The Kier molecular flexibility index (Phi) is 4.29. The molecule has 1 aromatic heterocycles. The van der Waals surface area contributed by atoms with Crippen LogP contribution in [0.15, 0.2) is 60.7 Å². The van der Waals surface area contributed by atoms with Gasteiger partial charge in [-0.2, -0.15) is 0 Å². The van der Waals surface area contributed by atoms with Crippen LogP contribution in [0, 0.1) is 6.92 Å². The van der Waals surface area contributed by atoms with E-state index in [1.807, 2.05) is 74.5 Å². The molecule has 0 atom stereocenters. The van der Waals surface area contributed by atoms with Gasteiger partial charge >= 0.3 is 5.97 Å². The predicted molar refractivity (Wildman–Crippen MR) is 92.4 cm³/mol. The highest BCUT2D eigenvalue weighted by Gasteiger charge is 2.23. The van der Waals surface area contributed by atoms with Crippen LogP contribution in [-0.2, 0) is 4.74 Å². The normalized spacial score (nSPS) is 10.5. The molecule has 0 aliphatic rings. The first-order chi connectivity index (χ1) is 11.2. The molecule has 0 spiro atoms. The largest absolute Gasteiger partial charge is 0.462 e. The Labute approximate surface area is 135 Å². The fraction of sp³-hybridized carbons (Fsp3) is 0.150. The quantitative estimate of drug-likeness (QED) is 0.701. The minimum absolute atomic E-state index is 0.290. The van der Waals surface area contributed by atoms with E-state index < -0.39 is 0 Å². The third kappa shape index (κ3) is 2.90. The van der Waals surface area contributed by atoms with E-state index in [0.717, 1.165) is 28.1 Å². The first-order valence-corrected chi connectivity index (χ1v) is 7.73. The Morgan fingerprint density at radius 2 is 1.43 bits per heavy atom. The van der Waals surface area contributed by atoms with E-state index in [9.17, 15) is 4.79 Å². The van der Waals surface area contributed by atoms with Gasteiger partial charge in [0.15, 0.2) is 0 Å². The van der Waals surface area contributed by atoms with Crippen molar-refractivity contribution in [3.05, 3.63) is 71.8 Å². The van der Waals surface area contributed by atoms with E-state index in [4.69, 9.17) is 4.74 Å². The Balaban J connectivity index is 2.20. The van der Waals surface area contributed by atoms with Crippen LogP contribution in [0.4, 0.5) is 0 Å². The number of hydrogen-bond acceptors (Lipinski definition) is 2. The fourth-order valence-corrected chi connectivity index (χ4v) is 2.77. The van der Waals surface area contributed by atoms with Gasteiger partial charge in [0.1, 0.15) is 0 Å². The summed E-state index contributed by atoms with van der Waals surface area (Å²) >= 11 is 0. The summed E-state index contributed by atoms with van der Waals surface area (Å²) in [6, 6.07) is 19.9. The van der Waals surface area contributed by atoms with Crippen LogP contribution >= 0.6 is 0 Å². The zero-order chi connectivity index (χ0) is 16.2. The maximum Gasteiger partial charge on any atom is 0.340 e. The predicted octanol–water partition coefficient (Wildman–Crippen LogP) is 4.83. The van der Waals surface area contributed by atoms with Gasteiger partial charge in [-0.25, -0.2) is 4.79 Å². The summed E-state index contributed by atoms with van der Waals surface area (Å²) in [5.41, 5.74) is 5.30. The van der Waals surface area contributed by atoms with Crippen LogP contribution in [0.3, 0.4) is 0 Å². The molecule has 0 radical (unpaired) electrons. The van der Waals surface area contributed by atoms with Crippen molar-refractivity contribution in [3.63, 3.8) is 0 Å². The number of carbonyl (C=O) groups is 1. The van der Waals surface area contributed by atoms with Crippen LogP contribution in [0.25, 0.3) is 22.5 Å². The Morgan fingerprint density at radius 3 is 1.96 bits per heavy atom. The number of nitrogens with one attached hydrogen (secondary N) is 1. The summed E-state index contributed by atoms with van der Waals surface area (Å²) in [4.78, 5) is 15.9. The lowest BCUT2D eigenvalue weighted by Gasteiger charge is -2.05. The van der Waals surface area contributed by atoms with Crippen molar-refractivity contribution < 1.29 is 9.53 Å². The number of ether oxygens (including phenoxy) is 1. The van der Waals surface area contributed by atoms with Crippen molar-refractivity contribution in [2.24, 2.45) is 0 Å². The number of benzene rings is 2. The third-order valence-corrected chi connectivity index (χ3v) is 3.85. The molecule has 0 saturated heterocycles. The van der Waals surface area contributed by atoms with Crippen molar-refractivity contribution in [2.45, 2.75) is 13.8 Å². The molecule has 0 amide bonds. The number of esters is 1. The van der Waals surface area contributed by atoms with Crippen LogP contribution in [0.1, 0.15) is 22.8 Å². The highest BCUT2D eigenvalue weighted by molar-refractivity contribution is 6.00. The first-order valence-electron chi connectivity index (χ1n) is 7.73. The maximum atomic E-state index is 12.5. The fourth-order valence-electron chi connectivity index (χ4n) is 2.77. The molecule has 3 rings (SSSR count). The van der Waals surface area contributed by atoms with Crippen molar-refractivity contribution in [1.82, 2.24) is 4.98 Å². The first kappa shape index (κ1) is 15.1. The summed E-state index contributed by atoms with van der Waals surface area (Å²) in [6.07, 6.45) is 0. The molecule has 0 aliphatic heterocycles. The van der Waals surface area contributed by atoms with Gasteiger partial charge in [-0.1, -0.05) is 60.7 Å². The van der Waals surface area contributed by atoms with Crippen LogP contribution in [-0.4, -0.2) is 17.6 Å². The smallest absolute Gasteiger partial charge is 0.340 e. The van der Waals surface area contributed by atoms with E-state index in [2.05, 4.69) is 4.98 Å². The molecule has 1 heterocycles. The van der Waals surface area contributed by atoms with Crippen LogP contribution in [0.2, 0.25) is 0 Å². The zero-order valence-corrected chi connectivity index (χ0v) is 13.3. The average molecular weight is 305 g/mol. The summed E-state index contributed by atoms with van der Waals surface area (Å²) < 4.78 is 5.26.